The molecule has 0 aliphatic heterocycles. The maximum Gasteiger partial charge on any atom is 0.262 e. The number of aryl methyl sites for hydroxylation is 1. The molecule has 0 atom stereocenters. The highest BCUT2D eigenvalue weighted by Gasteiger charge is 2.10. The van der Waals surface area contributed by atoms with Crippen molar-refractivity contribution < 1.29 is 4.79 Å². The lowest BCUT2D eigenvalue weighted by Gasteiger charge is -2.13. The smallest absolute Gasteiger partial charge is 0.262 e. The average molecular weight is 426 g/mol. The Balaban J connectivity index is 1.53. The SMILES string of the molecule is CCn1c(NNC(=O)/C=C/c2cn(CCC#N)c3ccccc23)nc2ccccc2c1=O. The number of benzene rings is 2. The summed E-state index contributed by atoms with van der Waals surface area (Å²) in [4.78, 5) is 29.6. The third-order valence-corrected chi connectivity index (χ3v) is 5.17. The Labute approximate surface area is 184 Å². The molecule has 0 fully saturated rings. The zero-order valence-electron chi connectivity index (χ0n) is 17.6. The molecule has 0 aliphatic carbocycles. The van der Waals surface area contributed by atoms with E-state index in [-0.39, 0.29) is 17.4 Å². The van der Waals surface area contributed by atoms with Crippen LogP contribution in [0.1, 0.15) is 18.9 Å². The van der Waals surface area contributed by atoms with Gasteiger partial charge in [0.05, 0.1) is 23.4 Å². The zero-order chi connectivity index (χ0) is 22.5. The maximum atomic E-state index is 12.7. The van der Waals surface area contributed by atoms with Crippen molar-refractivity contribution in [3.05, 3.63) is 76.7 Å². The molecule has 0 aliphatic rings. The number of rotatable bonds is 7. The standard InChI is InChI=1S/C24H22N6O2/c1-2-30-23(32)19-9-3-5-10-20(19)26-24(30)28-27-22(31)13-12-17-16-29(15-7-14-25)21-11-6-4-8-18(17)21/h3-6,8-13,16H,2,7,15H2,1H3,(H,26,28)(H,27,31)/b13-12+. The van der Waals surface area contributed by atoms with Gasteiger partial charge in [0.2, 0.25) is 5.95 Å². The predicted octanol–water partition coefficient (Wildman–Crippen LogP) is 3.44. The number of carbonyl (C=O) groups is 1. The van der Waals surface area contributed by atoms with Crippen LogP contribution in [0.25, 0.3) is 27.9 Å². The van der Waals surface area contributed by atoms with Crippen LogP contribution in [0, 0.1) is 11.3 Å². The second-order valence-electron chi connectivity index (χ2n) is 7.15. The topological polar surface area (TPSA) is 105 Å². The van der Waals surface area contributed by atoms with Crippen molar-refractivity contribution in [3.63, 3.8) is 0 Å². The molecule has 0 saturated heterocycles. The number of nitrogens with zero attached hydrogens (tertiary/aromatic N) is 4. The Morgan fingerprint density at radius 3 is 2.69 bits per heavy atom. The highest BCUT2D eigenvalue weighted by molar-refractivity contribution is 5.96. The number of nitrogens with one attached hydrogen (secondary N) is 2. The molecule has 0 spiro atoms. The van der Waals surface area contributed by atoms with E-state index in [9.17, 15) is 9.59 Å². The van der Waals surface area contributed by atoms with E-state index >= 15 is 0 Å². The summed E-state index contributed by atoms with van der Waals surface area (Å²) < 4.78 is 3.47. The normalized spacial score (nSPS) is 11.1. The fourth-order valence-corrected chi connectivity index (χ4v) is 3.64. The van der Waals surface area contributed by atoms with Crippen LogP contribution in [0.3, 0.4) is 0 Å². The van der Waals surface area contributed by atoms with Gasteiger partial charge in [0, 0.05) is 41.8 Å². The minimum Gasteiger partial charge on any atom is -0.346 e. The number of nitriles is 1. The number of para-hydroxylation sites is 2. The third kappa shape index (κ3) is 4.09. The van der Waals surface area contributed by atoms with Gasteiger partial charge in [-0.05, 0) is 31.2 Å². The molecule has 4 rings (SSSR count). The molecule has 160 valence electrons. The zero-order valence-corrected chi connectivity index (χ0v) is 17.6. The van der Waals surface area contributed by atoms with Crippen LogP contribution < -0.4 is 16.4 Å². The van der Waals surface area contributed by atoms with Crippen molar-refractivity contribution in [1.29, 1.82) is 5.26 Å². The number of fused-ring (bicyclic) bond motifs is 2. The largest absolute Gasteiger partial charge is 0.346 e. The number of carbonyl (C=O) groups excluding carboxylic acids is 1. The summed E-state index contributed by atoms with van der Waals surface area (Å²) in [7, 11) is 0. The Hall–Kier alpha value is -4.38. The van der Waals surface area contributed by atoms with Crippen molar-refractivity contribution in [1.82, 2.24) is 19.5 Å². The molecule has 0 radical (unpaired) electrons. The highest BCUT2D eigenvalue weighted by Crippen LogP contribution is 2.22. The van der Waals surface area contributed by atoms with Gasteiger partial charge in [-0.2, -0.15) is 5.26 Å². The molecular formula is C24H22N6O2. The van der Waals surface area contributed by atoms with Gasteiger partial charge in [-0.3, -0.25) is 25.0 Å². The van der Waals surface area contributed by atoms with Crippen molar-refractivity contribution in [3.8, 4) is 6.07 Å². The van der Waals surface area contributed by atoms with Crippen LogP contribution in [-0.2, 0) is 17.9 Å². The summed E-state index contributed by atoms with van der Waals surface area (Å²) in [5.74, 6) is -0.116. The number of hydrogen-bond donors (Lipinski definition) is 2. The van der Waals surface area contributed by atoms with Crippen molar-refractivity contribution in [2.24, 2.45) is 0 Å². The molecule has 4 aromatic rings. The molecule has 0 saturated carbocycles. The fraction of sp³-hybridized carbons (Fsp3) is 0.167. The molecule has 2 N–H and O–H groups in total. The number of anilines is 1. The van der Waals surface area contributed by atoms with Gasteiger partial charge in [-0.1, -0.05) is 30.3 Å². The summed E-state index contributed by atoms with van der Waals surface area (Å²) >= 11 is 0. The van der Waals surface area contributed by atoms with Gasteiger partial charge in [0.1, 0.15) is 0 Å². The summed E-state index contributed by atoms with van der Waals surface area (Å²) in [6.45, 7) is 2.83. The molecular weight excluding hydrogens is 404 g/mol. The average Bonchev–Trinajstić information content (AvgIpc) is 3.18. The Morgan fingerprint density at radius 1 is 1.16 bits per heavy atom. The molecule has 32 heavy (non-hydrogen) atoms. The molecule has 1 amide bonds. The first-order chi connectivity index (χ1) is 15.6. The minimum atomic E-state index is -0.385. The van der Waals surface area contributed by atoms with E-state index in [2.05, 4.69) is 21.9 Å². The summed E-state index contributed by atoms with van der Waals surface area (Å²) in [6.07, 6.45) is 5.48. The van der Waals surface area contributed by atoms with Gasteiger partial charge in [-0.15, -0.1) is 0 Å². The molecule has 8 nitrogen and oxygen atoms in total. The van der Waals surface area contributed by atoms with Crippen LogP contribution in [-0.4, -0.2) is 20.0 Å². The first-order valence-electron chi connectivity index (χ1n) is 10.3. The van der Waals surface area contributed by atoms with E-state index in [1.807, 2.05) is 48.0 Å². The van der Waals surface area contributed by atoms with Crippen LogP contribution in [0.15, 0.2) is 65.6 Å². The molecule has 0 bridgehead atoms. The van der Waals surface area contributed by atoms with Gasteiger partial charge in [-0.25, -0.2) is 4.98 Å². The van der Waals surface area contributed by atoms with E-state index in [1.165, 1.54) is 10.6 Å². The monoisotopic (exact) mass is 426 g/mol. The predicted molar refractivity (Wildman–Crippen MR) is 125 cm³/mol. The quantitative estimate of drug-likeness (QED) is 0.348. The number of amides is 1. The van der Waals surface area contributed by atoms with Crippen LogP contribution in [0.4, 0.5) is 5.95 Å². The minimum absolute atomic E-state index is 0.171. The van der Waals surface area contributed by atoms with E-state index < -0.39 is 0 Å². The Morgan fingerprint density at radius 2 is 1.91 bits per heavy atom. The van der Waals surface area contributed by atoms with Crippen LogP contribution >= 0.6 is 0 Å². The van der Waals surface area contributed by atoms with Crippen LogP contribution in [0.5, 0.6) is 0 Å². The Bertz CT molecular complexity index is 1420. The van der Waals surface area contributed by atoms with Crippen molar-refractivity contribution in [2.45, 2.75) is 26.4 Å². The summed E-state index contributed by atoms with van der Waals surface area (Å²) in [5.41, 5.74) is 7.61. The fourth-order valence-electron chi connectivity index (χ4n) is 3.64. The van der Waals surface area contributed by atoms with E-state index in [0.29, 0.717) is 30.4 Å². The van der Waals surface area contributed by atoms with E-state index in [0.717, 1.165) is 16.5 Å². The highest BCUT2D eigenvalue weighted by atomic mass is 16.2. The van der Waals surface area contributed by atoms with Gasteiger partial charge >= 0.3 is 0 Å². The second-order valence-corrected chi connectivity index (χ2v) is 7.15. The first-order valence-corrected chi connectivity index (χ1v) is 10.3. The van der Waals surface area contributed by atoms with Gasteiger partial charge in [0.25, 0.3) is 11.5 Å². The molecule has 2 heterocycles. The lowest BCUT2D eigenvalue weighted by atomic mass is 10.1. The van der Waals surface area contributed by atoms with E-state index in [1.54, 1.807) is 24.3 Å². The van der Waals surface area contributed by atoms with Gasteiger partial charge in [0.15, 0.2) is 0 Å². The van der Waals surface area contributed by atoms with Gasteiger partial charge < -0.3 is 4.57 Å². The first kappa shape index (κ1) is 20.9. The molecule has 2 aromatic heterocycles. The van der Waals surface area contributed by atoms with Crippen molar-refractivity contribution in [2.75, 3.05) is 5.43 Å². The molecule has 8 heteroatoms. The molecule has 0 unspecified atom stereocenters. The lowest BCUT2D eigenvalue weighted by molar-refractivity contribution is -0.116. The van der Waals surface area contributed by atoms with Crippen molar-refractivity contribution >= 4 is 39.7 Å². The second kappa shape index (κ2) is 9.18. The number of hydrazine groups is 1. The summed E-state index contributed by atoms with van der Waals surface area (Å²) in [5, 5.41) is 10.4. The third-order valence-electron chi connectivity index (χ3n) is 5.17. The summed E-state index contributed by atoms with van der Waals surface area (Å²) in [6, 6.07) is 17.1. The molecule has 2 aromatic carbocycles. The number of hydrogen-bond acceptors (Lipinski definition) is 5. The maximum absolute atomic E-state index is 12.7. The Kier molecular flexibility index (Phi) is 5.99. The lowest BCUT2D eigenvalue weighted by Crippen LogP contribution is -2.33. The van der Waals surface area contributed by atoms with Crippen LogP contribution in [0.2, 0.25) is 0 Å². The van der Waals surface area contributed by atoms with E-state index in [4.69, 9.17) is 5.26 Å². The number of aromatic nitrogens is 3.